The van der Waals surface area contributed by atoms with Crippen molar-refractivity contribution in [2.75, 3.05) is 0 Å². The number of aromatic nitrogens is 1. The van der Waals surface area contributed by atoms with Crippen molar-refractivity contribution < 1.29 is 4.42 Å². The van der Waals surface area contributed by atoms with Gasteiger partial charge in [-0.3, -0.25) is 0 Å². The molecule has 0 amide bonds. The molecule has 0 bridgehead atoms. The van der Waals surface area contributed by atoms with Gasteiger partial charge in [0, 0.05) is 27.3 Å². The van der Waals surface area contributed by atoms with E-state index in [2.05, 4.69) is 191 Å². The second-order valence-electron chi connectivity index (χ2n) is 16.6. The molecule has 330 valence electrons. The van der Waals surface area contributed by atoms with Crippen LogP contribution in [0, 0.1) is 6.92 Å². The van der Waals surface area contributed by atoms with Crippen LogP contribution in [0.25, 0.3) is 83.0 Å². The van der Waals surface area contributed by atoms with Gasteiger partial charge in [-0.05, 0) is 126 Å². The SMILES string of the molecule is C=C(C)c1ccccc1.C=C/C1=C(\C=C)c2cc(-c3ccc4c(C)c(C(=C)C)oc4c3)c(-n3c4ccccc4c4cc(-c5ccccc5)ccc43)cc2C(=C)/C=C\C=C/C1.C=C/C=C\C=C/C. The number of allylic oxidation sites excluding steroid dienone is 16. The van der Waals surface area contributed by atoms with Crippen LogP contribution in [0.15, 0.2) is 250 Å². The Bertz CT molecular complexity index is 3330. The first-order chi connectivity index (χ1) is 32.6. The van der Waals surface area contributed by atoms with E-state index in [1.54, 1.807) is 6.08 Å². The highest BCUT2D eigenvalue weighted by atomic mass is 16.3. The zero-order valence-corrected chi connectivity index (χ0v) is 39.4. The predicted molar refractivity (Wildman–Crippen MR) is 295 cm³/mol. The summed E-state index contributed by atoms with van der Waals surface area (Å²) in [6.07, 6.45) is 22.5. The van der Waals surface area contributed by atoms with Crippen molar-refractivity contribution >= 4 is 55.1 Å². The maximum absolute atomic E-state index is 6.45. The van der Waals surface area contributed by atoms with Gasteiger partial charge < -0.3 is 8.98 Å². The fourth-order valence-corrected chi connectivity index (χ4v) is 8.56. The fourth-order valence-electron chi connectivity index (χ4n) is 8.56. The van der Waals surface area contributed by atoms with Crippen LogP contribution in [0.3, 0.4) is 0 Å². The Morgan fingerprint density at radius 2 is 1.31 bits per heavy atom. The maximum atomic E-state index is 6.45. The first-order valence-electron chi connectivity index (χ1n) is 22.7. The molecule has 0 spiro atoms. The zero-order valence-electron chi connectivity index (χ0n) is 39.4. The molecule has 2 heteroatoms. The molecule has 0 fully saturated rings. The number of benzene rings is 6. The fraction of sp³-hybridized carbons (Fsp3) is 0.0769. The van der Waals surface area contributed by atoms with Crippen molar-refractivity contribution in [3.63, 3.8) is 0 Å². The minimum absolute atomic E-state index is 0.746. The Kier molecular flexibility index (Phi) is 15.1. The number of aryl methyl sites for hydroxylation is 1. The second kappa shape index (κ2) is 21.7. The molecule has 9 rings (SSSR count). The monoisotopic (exact) mass is 869 g/mol. The van der Waals surface area contributed by atoms with Gasteiger partial charge in [-0.1, -0.05) is 209 Å². The van der Waals surface area contributed by atoms with Gasteiger partial charge >= 0.3 is 0 Å². The van der Waals surface area contributed by atoms with E-state index < -0.39 is 0 Å². The van der Waals surface area contributed by atoms with Gasteiger partial charge in [0.2, 0.25) is 0 Å². The highest BCUT2D eigenvalue weighted by molar-refractivity contribution is 6.11. The summed E-state index contributed by atoms with van der Waals surface area (Å²) in [4.78, 5) is 0. The van der Waals surface area contributed by atoms with E-state index in [1.807, 2.05) is 75.4 Å². The average Bonchev–Trinajstić information content (AvgIpc) is 3.87. The van der Waals surface area contributed by atoms with Crippen LogP contribution in [-0.4, -0.2) is 4.57 Å². The van der Waals surface area contributed by atoms with Gasteiger partial charge in [0.1, 0.15) is 11.3 Å². The topological polar surface area (TPSA) is 18.1 Å². The summed E-state index contributed by atoms with van der Waals surface area (Å²) < 4.78 is 8.86. The quantitative estimate of drug-likeness (QED) is 0.132. The molecule has 1 aliphatic rings. The molecule has 0 saturated heterocycles. The van der Waals surface area contributed by atoms with E-state index in [-0.39, 0.29) is 0 Å². The lowest BCUT2D eigenvalue weighted by molar-refractivity contribution is 0.596. The molecule has 2 aromatic heterocycles. The first-order valence-corrected chi connectivity index (χ1v) is 22.7. The summed E-state index contributed by atoms with van der Waals surface area (Å²) in [6, 6.07) is 47.4. The Morgan fingerprint density at radius 3 is 1.99 bits per heavy atom. The third kappa shape index (κ3) is 10.2. The number of nitrogens with zero attached hydrogens (tertiary/aromatic N) is 1. The molecule has 0 aliphatic heterocycles. The van der Waals surface area contributed by atoms with Crippen LogP contribution in [-0.2, 0) is 0 Å². The summed E-state index contributed by atoms with van der Waals surface area (Å²) >= 11 is 0. The molecule has 0 unspecified atom stereocenters. The van der Waals surface area contributed by atoms with Crippen molar-refractivity contribution in [3.05, 3.63) is 273 Å². The molecule has 0 saturated carbocycles. The lowest BCUT2D eigenvalue weighted by Crippen LogP contribution is -2.03. The molecule has 0 radical (unpaired) electrons. The highest BCUT2D eigenvalue weighted by Gasteiger charge is 2.22. The Hall–Kier alpha value is -8.20. The van der Waals surface area contributed by atoms with Crippen molar-refractivity contribution in [1.82, 2.24) is 4.57 Å². The predicted octanol–water partition coefficient (Wildman–Crippen LogP) is 18.9. The van der Waals surface area contributed by atoms with Crippen molar-refractivity contribution in [3.8, 4) is 27.9 Å². The second-order valence-corrected chi connectivity index (χ2v) is 16.6. The molecule has 2 nitrogen and oxygen atoms in total. The van der Waals surface area contributed by atoms with Crippen LogP contribution >= 0.6 is 0 Å². The van der Waals surface area contributed by atoms with Crippen molar-refractivity contribution in [2.45, 2.75) is 34.1 Å². The van der Waals surface area contributed by atoms with Crippen molar-refractivity contribution in [1.29, 1.82) is 0 Å². The molecule has 6 aromatic carbocycles. The molecular formula is C65H59NO. The zero-order chi connectivity index (χ0) is 47.5. The standard InChI is InChI=1S/C49H39NO.C9H10.C7H10/c1-7-34-18-12-9-11-17-32(5)41-30-47(42(29-43(41)38(34)8-2)37-23-25-39-33(6)49(31(3)4)51-48(39)28-37)50-45-22-16-15-21-40(45)44-27-36(24-26-46(44)50)35-19-13-10-14-20-35;1-8(2)9-6-4-3-5-7-9;1-3-5-7-6-4-2/h7-17,19-30H,1-3,5,18H2,4,6H3;3-7H,1H2,2H3;3-7H,1H2,2H3/b12-9-,17-11-,38-34-;;6-4-,7-5-. The summed E-state index contributed by atoms with van der Waals surface area (Å²) in [5.74, 6) is 0.841. The average molecular weight is 870 g/mol. The van der Waals surface area contributed by atoms with Crippen LogP contribution in [0.4, 0.5) is 0 Å². The number of hydrogen-bond acceptors (Lipinski definition) is 1. The van der Waals surface area contributed by atoms with Gasteiger partial charge in [-0.15, -0.1) is 0 Å². The largest absolute Gasteiger partial charge is 0.456 e. The van der Waals surface area contributed by atoms with Crippen LogP contribution in [0.1, 0.15) is 55.2 Å². The molecule has 2 heterocycles. The molecular weight excluding hydrogens is 811 g/mol. The number of rotatable bonds is 9. The third-order valence-electron chi connectivity index (χ3n) is 11.9. The Labute approximate surface area is 397 Å². The smallest absolute Gasteiger partial charge is 0.135 e. The minimum Gasteiger partial charge on any atom is -0.456 e. The van der Waals surface area contributed by atoms with Gasteiger partial charge in [-0.25, -0.2) is 0 Å². The maximum Gasteiger partial charge on any atom is 0.135 e. The summed E-state index contributed by atoms with van der Waals surface area (Å²) in [5.41, 5.74) is 18.2. The molecule has 67 heavy (non-hydrogen) atoms. The van der Waals surface area contributed by atoms with Crippen LogP contribution < -0.4 is 0 Å². The number of hydrogen-bond donors (Lipinski definition) is 0. The summed E-state index contributed by atoms with van der Waals surface area (Å²) in [6.45, 7) is 32.7. The number of para-hydroxylation sites is 1. The van der Waals surface area contributed by atoms with Gasteiger partial charge in [0.25, 0.3) is 0 Å². The van der Waals surface area contributed by atoms with Gasteiger partial charge in [0.05, 0.1) is 16.7 Å². The first kappa shape index (κ1) is 46.8. The van der Waals surface area contributed by atoms with Gasteiger partial charge in [0.15, 0.2) is 0 Å². The normalized spacial score (nSPS) is 14.5. The van der Waals surface area contributed by atoms with E-state index in [0.717, 1.165) is 95.6 Å². The van der Waals surface area contributed by atoms with E-state index in [4.69, 9.17) is 4.42 Å². The third-order valence-corrected chi connectivity index (χ3v) is 11.9. The van der Waals surface area contributed by atoms with Gasteiger partial charge in [-0.2, -0.15) is 0 Å². The van der Waals surface area contributed by atoms with Crippen molar-refractivity contribution in [2.24, 2.45) is 0 Å². The minimum atomic E-state index is 0.746. The summed E-state index contributed by atoms with van der Waals surface area (Å²) in [7, 11) is 0. The summed E-state index contributed by atoms with van der Waals surface area (Å²) in [5, 5.41) is 3.49. The molecule has 8 aromatic rings. The van der Waals surface area contributed by atoms with E-state index in [0.29, 0.717) is 0 Å². The van der Waals surface area contributed by atoms with Crippen LogP contribution in [0.2, 0.25) is 0 Å². The highest BCUT2D eigenvalue weighted by Crippen LogP contribution is 2.43. The van der Waals surface area contributed by atoms with E-state index >= 15 is 0 Å². The van der Waals surface area contributed by atoms with E-state index in [9.17, 15) is 0 Å². The van der Waals surface area contributed by atoms with E-state index in [1.165, 1.54) is 27.5 Å². The molecule has 1 aliphatic carbocycles. The molecule has 0 N–H and O–H groups in total. The Balaban J connectivity index is 0.000000354. The Morgan fingerprint density at radius 1 is 0.612 bits per heavy atom. The number of furan rings is 1. The van der Waals surface area contributed by atoms with Crippen LogP contribution in [0.5, 0.6) is 0 Å². The lowest BCUT2D eigenvalue weighted by Gasteiger charge is -2.21. The lowest BCUT2D eigenvalue weighted by atomic mass is 9.86. The molecule has 0 atom stereocenters. The number of fused-ring (bicyclic) bond motifs is 5.